The average molecular weight is 423 g/mol. The predicted molar refractivity (Wildman–Crippen MR) is 116 cm³/mol. The number of hydrogen-bond donors (Lipinski definition) is 0. The lowest BCUT2D eigenvalue weighted by atomic mass is 9.69. The second-order valence-corrected chi connectivity index (χ2v) is 8.87. The molecule has 0 aromatic heterocycles. The molecule has 31 heavy (non-hydrogen) atoms. The van der Waals surface area contributed by atoms with Gasteiger partial charge in [0.2, 0.25) is 5.91 Å². The van der Waals surface area contributed by atoms with Crippen LogP contribution < -0.4 is 14.4 Å². The maximum absolute atomic E-state index is 13.5. The van der Waals surface area contributed by atoms with E-state index in [0.717, 1.165) is 5.56 Å². The summed E-state index contributed by atoms with van der Waals surface area (Å²) in [6.07, 6.45) is 1.11. The van der Waals surface area contributed by atoms with Crippen LogP contribution in [0.3, 0.4) is 0 Å². The van der Waals surface area contributed by atoms with Gasteiger partial charge in [0.1, 0.15) is 17.3 Å². The van der Waals surface area contributed by atoms with E-state index < -0.39 is 5.92 Å². The Kier molecular flexibility index (Phi) is 5.33. The van der Waals surface area contributed by atoms with Crippen LogP contribution in [0.15, 0.2) is 53.7 Å². The Bertz CT molecular complexity index is 1070. The van der Waals surface area contributed by atoms with Crippen LogP contribution in [-0.4, -0.2) is 25.9 Å². The smallest absolute Gasteiger partial charge is 0.232 e. The van der Waals surface area contributed by atoms with Crippen molar-refractivity contribution in [1.82, 2.24) is 0 Å². The van der Waals surface area contributed by atoms with E-state index >= 15 is 0 Å². The molecule has 1 unspecified atom stereocenters. The monoisotopic (exact) mass is 423 g/mol. The van der Waals surface area contributed by atoms with Crippen molar-refractivity contribution < 1.29 is 23.5 Å². The van der Waals surface area contributed by atoms with Gasteiger partial charge in [-0.05, 0) is 42.2 Å². The van der Waals surface area contributed by atoms with Crippen LogP contribution in [0, 0.1) is 11.2 Å². The van der Waals surface area contributed by atoms with Crippen molar-refractivity contribution in [2.24, 2.45) is 5.41 Å². The minimum atomic E-state index is -0.399. The molecule has 6 heteroatoms. The summed E-state index contributed by atoms with van der Waals surface area (Å²) in [5.74, 6) is 0.359. The minimum absolute atomic E-state index is 0.0359. The van der Waals surface area contributed by atoms with Crippen molar-refractivity contribution in [3.63, 3.8) is 0 Å². The van der Waals surface area contributed by atoms with E-state index in [-0.39, 0.29) is 29.3 Å². The number of allylic oxidation sites excluding steroid dienone is 2. The van der Waals surface area contributed by atoms with Crippen LogP contribution in [0.1, 0.15) is 44.6 Å². The highest BCUT2D eigenvalue weighted by molar-refractivity contribution is 6.08. The van der Waals surface area contributed by atoms with Gasteiger partial charge in [0, 0.05) is 47.3 Å². The first kappa shape index (κ1) is 21.1. The molecule has 162 valence electrons. The summed E-state index contributed by atoms with van der Waals surface area (Å²) in [7, 11) is 3.14. The van der Waals surface area contributed by atoms with Gasteiger partial charge >= 0.3 is 0 Å². The molecule has 2 aromatic rings. The van der Waals surface area contributed by atoms with Gasteiger partial charge in [0.15, 0.2) is 5.78 Å². The van der Waals surface area contributed by atoms with Crippen molar-refractivity contribution in [3.05, 3.63) is 65.1 Å². The van der Waals surface area contributed by atoms with Crippen LogP contribution >= 0.6 is 0 Å². The number of nitrogens with zero attached hydrogens (tertiary/aromatic N) is 1. The van der Waals surface area contributed by atoms with E-state index in [1.54, 1.807) is 37.3 Å². The first-order chi connectivity index (χ1) is 14.7. The predicted octanol–water partition coefficient (Wildman–Crippen LogP) is 5.01. The number of anilines is 1. The highest BCUT2D eigenvalue weighted by Gasteiger charge is 2.45. The van der Waals surface area contributed by atoms with Gasteiger partial charge in [0.05, 0.1) is 14.2 Å². The van der Waals surface area contributed by atoms with Crippen molar-refractivity contribution in [2.45, 2.75) is 39.0 Å². The molecule has 0 spiro atoms. The zero-order chi connectivity index (χ0) is 22.3. The largest absolute Gasteiger partial charge is 0.497 e. The lowest BCUT2D eigenvalue weighted by Crippen LogP contribution is -2.43. The fourth-order valence-corrected chi connectivity index (χ4v) is 4.68. The van der Waals surface area contributed by atoms with E-state index in [0.29, 0.717) is 41.3 Å². The van der Waals surface area contributed by atoms with Crippen molar-refractivity contribution >= 4 is 17.4 Å². The molecule has 2 aromatic carbocycles. The molecule has 2 aliphatic rings. The molecule has 0 fully saturated rings. The number of amides is 1. The summed E-state index contributed by atoms with van der Waals surface area (Å²) in [6.45, 7) is 4.05. The summed E-state index contributed by atoms with van der Waals surface area (Å²) in [4.78, 5) is 28.3. The molecule has 0 bridgehead atoms. The van der Waals surface area contributed by atoms with Gasteiger partial charge < -0.3 is 9.47 Å². The second kappa shape index (κ2) is 7.84. The molecule has 1 aliphatic carbocycles. The number of ketones is 1. The molecule has 0 saturated heterocycles. The van der Waals surface area contributed by atoms with E-state index in [4.69, 9.17) is 9.47 Å². The Labute approximate surface area is 181 Å². The zero-order valence-corrected chi connectivity index (χ0v) is 18.2. The lowest BCUT2D eigenvalue weighted by Gasteiger charge is -2.43. The van der Waals surface area contributed by atoms with Crippen LogP contribution in [0.4, 0.5) is 10.1 Å². The van der Waals surface area contributed by atoms with Gasteiger partial charge in [0.25, 0.3) is 0 Å². The lowest BCUT2D eigenvalue weighted by molar-refractivity contribution is -0.121. The standard InChI is InChI=1S/C25H26FNO4/c1-25(2)13-20-24(21(28)14-25)19(18-10-9-17(30-3)11-22(18)31-4)12-23(29)27(20)16-7-5-15(26)6-8-16/h5-11,19H,12-14H2,1-4H3. The molecule has 1 atom stereocenters. The number of ether oxygens (including phenoxy) is 2. The third-order valence-corrected chi connectivity index (χ3v) is 6.04. The number of carbonyl (C=O) groups is 2. The number of carbonyl (C=O) groups excluding carboxylic acids is 2. The fourth-order valence-electron chi connectivity index (χ4n) is 4.68. The summed E-state index contributed by atoms with van der Waals surface area (Å²) in [5, 5.41) is 0. The van der Waals surface area contributed by atoms with Gasteiger partial charge in [-0.1, -0.05) is 19.9 Å². The first-order valence-corrected chi connectivity index (χ1v) is 10.3. The molecule has 1 heterocycles. The molecule has 0 saturated carbocycles. The van der Waals surface area contributed by atoms with Crippen molar-refractivity contribution in [2.75, 3.05) is 19.1 Å². The normalized spacial score (nSPS) is 20.5. The maximum atomic E-state index is 13.5. The van der Waals surface area contributed by atoms with E-state index in [1.807, 2.05) is 26.0 Å². The summed E-state index contributed by atoms with van der Waals surface area (Å²) in [5.41, 5.74) is 2.43. The number of hydrogen-bond acceptors (Lipinski definition) is 4. The number of rotatable bonds is 4. The SMILES string of the molecule is COc1ccc(C2CC(=O)N(c3ccc(F)cc3)C3=C2C(=O)CC(C)(C)C3)c(OC)c1. The van der Waals surface area contributed by atoms with Crippen LogP contribution in [0.5, 0.6) is 11.5 Å². The second-order valence-electron chi connectivity index (χ2n) is 8.87. The molecular formula is C25H26FNO4. The molecular weight excluding hydrogens is 397 g/mol. The van der Waals surface area contributed by atoms with Crippen molar-refractivity contribution in [3.8, 4) is 11.5 Å². The van der Waals surface area contributed by atoms with E-state index in [2.05, 4.69) is 0 Å². The van der Waals surface area contributed by atoms with Gasteiger partial charge in [-0.2, -0.15) is 0 Å². The van der Waals surface area contributed by atoms with E-state index in [1.165, 1.54) is 12.1 Å². The Morgan fingerprint density at radius 1 is 1.00 bits per heavy atom. The quantitative estimate of drug-likeness (QED) is 0.694. The topological polar surface area (TPSA) is 55.8 Å². The number of methoxy groups -OCH3 is 2. The highest BCUT2D eigenvalue weighted by Crippen LogP contribution is 2.49. The summed E-state index contributed by atoms with van der Waals surface area (Å²) in [6, 6.07) is 11.3. The zero-order valence-electron chi connectivity index (χ0n) is 18.2. The Morgan fingerprint density at radius 2 is 1.71 bits per heavy atom. The van der Waals surface area contributed by atoms with Crippen molar-refractivity contribution in [1.29, 1.82) is 0 Å². The Balaban J connectivity index is 1.90. The average Bonchev–Trinajstić information content (AvgIpc) is 2.72. The molecule has 1 amide bonds. The molecule has 5 nitrogen and oxygen atoms in total. The Morgan fingerprint density at radius 3 is 2.35 bits per heavy atom. The van der Waals surface area contributed by atoms with Crippen LogP contribution in [-0.2, 0) is 9.59 Å². The fraction of sp³-hybridized carbons (Fsp3) is 0.360. The van der Waals surface area contributed by atoms with Gasteiger partial charge in [-0.25, -0.2) is 4.39 Å². The van der Waals surface area contributed by atoms with Crippen LogP contribution in [0.25, 0.3) is 0 Å². The van der Waals surface area contributed by atoms with Gasteiger partial charge in [-0.15, -0.1) is 0 Å². The first-order valence-electron chi connectivity index (χ1n) is 10.3. The summed E-state index contributed by atoms with van der Waals surface area (Å²) < 4.78 is 24.4. The van der Waals surface area contributed by atoms with Crippen LogP contribution in [0.2, 0.25) is 0 Å². The molecule has 0 N–H and O–H groups in total. The third kappa shape index (κ3) is 3.82. The van der Waals surface area contributed by atoms with E-state index in [9.17, 15) is 14.0 Å². The molecule has 0 radical (unpaired) electrons. The molecule has 1 aliphatic heterocycles. The van der Waals surface area contributed by atoms with Gasteiger partial charge in [-0.3, -0.25) is 14.5 Å². The number of benzene rings is 2. The summed E-state index contributed by atoms with van der Waals surface area (Å²) >= 11 is 0. The maximum Gasteiger partial charge on any atom is 0.232 e. The minimum Gasteiger partial charge on any atom is -0.497 e. The number of Topliss-reactive ketones (excluding diaryl/α,β-unsaturated/α-hetero) is 1. The third-order valence-electron chi connectivity index (χ3n) is 6.04. The highest BCUT2D eigenvalue weighted by atomic mass is 19.1. The molecule has 4 rings (SSSR count). The Hall–Kier alpha value is -3.15. The number of halogens is 1.